The molecule has 29 heavy (non-hydrogen) atoms. The lowest BCUT2D eigenvalue weighted by molar-refractivity contribution is -0.143. The van der Waals surface area contributed by atoms with Crippen LogP contribution in [0.5, 0.6) is 5.75 Å². The molecule has 1 amide bonds. The fraction of sp³-hybridized carbons (Fsp3) is 0.263. The maximum absolute atomic E-state index is 13.5. The van der Waals surface area contributed by atoms with E-state index >= 15 is 0 Å². The molecule has 0 saturated carbocycles. The first-order valence-electron chi connectivity index (χ1n) is 8.58. The number of nitrogens with zero attached hydrogens (tertiary/aromatic N) is 4. The van der Waals surface area contributed by atoms with E-state index in [9.17, 15) is 18.0 Å². The zero-order chi connectivity index (χ0) is 21.2. The molecule has 0 unspecified atom stereocenters. The number of ether oxygens (including phenoxy) is 1. The molecular formula is C19H18F3N5O2. The SMILES string of the molecule is CC(C)(C)c1ccc(NC(=O)Oc2cnn(-c3ncccn3)c2C(F)(F)F)cc1. The number of anilines is 1. The van der Waals surface area contributed by atoms with Crippen molar-refractivity contribution in [2.75, 3.05) is 5.32 Å². The number of carbonyl (C=O) groups excluding carboxylic acids is 1. The summed E-state index contributed by atoms with van der Waals surface area (Å²) in [5.41, 5.74) is 0.0616. The van der Waals surface area contributed by atoms with E-state index in [0.717, 1.165) is 11.8 Å². The molecule has 7 nitrogen and oxygen atoms in total. The Labute approximate surface area is 164 Å². The van der Waals surface area contributed by atoms with Crippen LogP contribution in [0.2, 0.25) is 0 Å². The number of carbonyl (C=O) groups is 1. The minimum atomic E-state index is -4.85. The van der Waals surface area contributed by atoms with Gasteiger partial charge in [0.1, 0.15) is 0 Å². The zero-order valence-electron chi connectivity index (χ0n) is 15.9. The molecule has 0 saturated heterocycles. The predicted octanol–water partition coefficient (Wildman–Crippen LogP) is 4.59. The van der Waals surface area contributed by atoms with Crippen LogP contribution in [0.25, 0.3) is 5.95 Å². The van der Waals surface area contributed by atoms with E-state index in [-0.39, 0.29) is 11.4 Å². The summed E-state index contributed by atoms with van der Waals surface area (Å²) in [5.74, 6) is -1.05. The van der Waals surface area contributed by atoms with Gasteiger partial charge in [0.25, 0.3) is 5.95 Å². The Kier molecular flexibility index (Phi) is 5.27. The molecule has 1 aromatic carbocycles. The maximum Gasteiger partial charge on any atom is 0.437 e. The molecule has 0 bridgehead atoms. The number of rotatable bonds is 3. The van der Waals surface area contributed by atoms with Gasteiger partial charge in [0, 0.05) is 18.1 Å². The van der Waals surface area contributed by atoms with Crippen LogP contribution in [-0.2, 0) is 11.6 Å². The van der Waals surface area contributed by atoms with Crippen molar-refractivity contribution in [1.29, 1.82) is 0 Å². The molecule has 0 radical (unpaired) electrons. The first-order valence-corrected chi connectivity index (χ1v) is 8.58. The minimum Gasteiger partial charge on any atom is -0.406 e. The lowest BCUT2D eigenvalue weighted by Gasteiger charge is -2.19. The average molecular weight is 405 g/mol. The van der Waals surface area contributed by atoms with Gasteiger partial charge in [0.2, 0.25) is 0 Å². The molecule has 0 aliphatic carbocycles. The number of hydrogen-bond donors (Lipinski definition) is 1. The number of hydrogen-bond acceptors (Lipinski definition) is 5. The summed E-state index contributed by atoms with van der Waals surface area (Å²) >= 11 is 0. The van der Waals surface area contributed by atoms with E-state index in [2.05, 4.69) is 20.4 Å². The number of alkyl halides is 3. The van der Waals surface area contributed by atoms with E-state index in [1.54, 1.807) is 12.1 Å². The number of amides is 1. The summed E-state index contributed by atoms with van der Waals surface area (Å²) in [6.07, 6.45) is -2.58. The van der Waals surface area contributed by atoms with E-state index < -0.39 is 23.7 Å². The Morgan fingerprint density at radius 1 is 1.07 bits per heavy atom. The molecule has 0 aliphatic rings. The molecular weight excluding hydrogens is 387 g/mol. The van der Waals surface area contributed by atoms with E-state index in [0.29, 0.717) is 10.4 Å². The largest absolute Gasteiger partial charge is 0.437 e. The fourth-order valence-corrected chi connectivity index (χ4v) is 2.52. The van der Waals surface area contributed by atoms with Crippen LogP contribution >= 0.6 is 0 Å². The molecule has 0 spiro atoms. The Hall–Kier alpha value is -3.43. The zero-order valence-corrected chi connectivity index (χ0v) is 15.9. The van der Waals surface area contributed by atoms with Crippen LogP contribution in [0, 0.1) is 0 Å². The summed E-state index contributed by atoms with van der Waals surface area (Å²) < 4.78 is 45.9. The van der Waals surface area contributed by atoms with Crippen LogP contribution in [0.3, 0.4) is 0 Å². The predicted molar refractivity (Wildman–Crippen MR) is 98.9 cm³/mol. The third kappa shape index (κ3) is 4.71. The van der Waals surface area contributed by atoms with Crippen LogP contribution in [0.15, 0.2) is 48.9 Å². The number of benzene rings is 1. The highest BCUT2D eigenvalue weighted by Gasteiger charge is 2.41. The molecule has 3 rings (SSSR count). The van der Waals surface area contributed by atoms with Gasteiger partial charge in [-0.15, -0.1) is 0 Å². The molecule has 2 heterocycles. The smallest absolute Gasteiger partial charge is 0.406 e. The molecule has 1 N–H and O–H groups in total. The Bertz CT molecular complexity index is 993. The van der Waals surface area contributed by atoms with Crippen LogP contribution in [0.4, 0.5) is 23.7 Å². The topological polar surface area (TPSA) is 81.9 Å². The summed E-state index contributed by atoms with van der Waals surface area (Å²) in [6, 6.07) is 8.39. The summed E-state index contributed by atoms with van der Waals surface area (Å²) in [5, 5.41) is 6.02. The Morgan fingerprint density at radius 2 is 1.69 bits per heavy atom. The van der Waals surface area contributed by atoms with Crippen molar-refractivity contribution >= 4 is 11.8 Å². The third-order valence-electron chi connectivity index (χ3n) is 3.95. The van der Waals surface area contributed by atoms with Crippen molar-refractivity contribution in [2.24, 2.45) is 0 Å². The van der Waals surface area contributed by atoms with Crippen molar-refractivity contribution in [1.82, 2.24) is 19.7 Å². The van der Waals surface area contributed by atoms with Gasteiger partial charge in [-0.1, -0.05) is 32.9 Å². The molecule has 0 aliphatic heterocycles. The van der Waals surface area contributed by atoms with Gasteiger partial charge in [0.15, 0.2) is 11.4 Å². The molecule has 10 heteroatoms. The molecule has 152 valence electrons. The van der Waals surface area contributed by atoms with E-state index in [1.807, 2.05) is 32.9 Å². The number of nitrogens with one attached hydrogen (secondary N) is 1. The summed E-state index contributed by atoms with van der Waals surface area (Å²) in [6.45, 7) is 6.11. The third-order valence-corrected chi connectivity index (χ3v) is 3.95. The van der Waals surface area contributed by atoms with Gasteiger partial charge in [-0.25, -0.2) is 14.8 Å². The van der Waals surface area contributed by atoms with Crippen LogP contribution in [-0.4, -0.2) is 25.8 Å². The van der Waals surface area contributed by atoms with Crippen molar-refractivity contribution < 1.29 is 22.7 Å². The van der Waals surface area contributed by atoms with Gasteiger partial charge in [0.05, 0.1) is 6.20 Å². The second kappa shape index (κ2) is 7.53. The first-order chi connectivity index (χ1) is 13.6. The van der Waals surface area contributed by atoms with Crippen molar-refractivity contribution in [3.63, 3.8) is 0 Å². The van der Waals surface area contributed by atoms with Crippen LogP contribution in [0.1, 0.15) is 32.0 Å². The Morgan fingerprint density at radius 3 is 2.24 bits per heavy atom. The van der Waals surface area contributed by atoms with Crippen molar-refractivity contribution in [3.05, 3.63) is 60.2 Å². The normalized spacial score (nSPS) is 11.9. The van der Waals surface area contributed by atoms with Gasteiger partial charge in [-0.3, -0.25) is 5.32 Å². The highest BCUT2D eigenvalue weighted by atomic mass is 19.4. The lowest BCUT2D eigenvalue weighted by atomic mass is 9.87. The molecule has 2 aromatic heterocycles. The molecule has 0 fully saturated rings. The second-order valence-electron chi connectivity index (χ2n) is 7.16. The fourth-order valence-electron chi connectivity index (χ4n) is 2.52. The molecule has 0 atom stereocenters. The monoisotopic (exact) mass is 405 g/mol. The van der Waals surface area contributed by atoms with E-state index in [4.69, 9.17) is 4.74 Å². The quantitative estimate of drug-likeness (QED) is 0.689. The standard InChI is InChI=1S/C19H18F3N5O2/c1-18(2,3)12-5-7-13(8-6-12)26-17(28)29-14-11-25-27(15(14)19(20,21)22)16-23-9-4-10-24-16/h4-11H,1-3H3,(H,26,28). The van der Waals surface area contributed by atoms with Crippen molar-refractivity contribution in [2.45, 2.75) is 32.4 Å². The molecule has 3 aromatic rings. The first kappa shape index (κ1) is 20.3. The lowest BCUT2D eigenvalue weighted by Crippen LogP contribution is -2.21. The number of aromatic nitrogens is 4. The van der Waals surface area contributed by atoms with Gasteiger partial charge in [-0.2, -0.15) is 23.0 Å². The summed E-state index contributed by atoms with van der Waals surface area (Å²) in [7, 11) is 0. The van der Waals surface area contributed by atoms with Gasteiger partial charge in [-0.05, 0) is 29.2 Å². The highest BCUT2D eigenvalue weighted by Crippen LogP contribution is 2.37. The minimum absolute atomic E-state index is 0.0747. The van der Waals surface area contributed by atoms with Crippen molar-refractivity contribution in [3.8, 4) is 11.7 Å². The second-order valence-corrected chi connectivity index (χ2v) is 7.16. The van der Waals surface area contributed by atoms with E-state index in [1.165, 1.54) is 18.5 Å². The average Bonchev–Trinajstić information content (AvgIpc) is 3.06. The summed E-state index contributed by atoms with van der Waals surface area (Å²) in [4.78, 5) is 19.6. The van der Waals surface area contributed by atoms with Gasteiger partial charge >= 0.3 is 12.3 Å². The van der Waals surface area contributed by atoms with Gasteiger partial charge < -0.3 is 4.74 Å². The maximum atomic E-state index is 13.5. The Balaban J connectivity index is 1.81. The van der Waals surface area contributed by atoms with Crippen LogP contribution < -0.4 is 10.1 Å². The highest BCUT2D eigenvalue weighted by molar-refractivity contribution is 5.86. The number of halogens is 3.